The number of urea groups is 1. The predicted octanol–water partition coefficient (Wildman–Crippen LogP) is 4.46. The number of hydrogen-bond acceptors (Lipinski definition) is 2. The van der Waals surface area contributed by atoms with Gasteiger partial charge in [0.15, 0.2) is 0 Å². The second-order valence-corrected chi connectivity index (χ2v) is 5.51. The molecule has 3 N–H and O–H groups in total. The highest BCUT2D eigenvalue weighted by Gasteiger charge is 2.18. The number of benzene rings is 3. The first-order valence-electron chi connectivity index (χ1n) is 7.87. The van der Waals surface area contributed by atoms with Gasteiger partial charge < -0.3 is 11.1 Å². The van der Waals surface area contributed by atoms with Crippen LogP contribution in [0.25, 0.3) is 0 Å². The van der Waals surface area contributed by atoms with Crippen LogP contribution in [0.4, 0.5) is 26.2 Å². The van der Waals surface area contributed by atoms with Crippen LogP contribution >= 0.6 is 0 Å². The van der Waals surface area contributed by atoms with Gasteiger partial charge >= 0.3 is 6.03 Å². The van der Waals surface area contributed by atoms with Gasteiger partial charge in [-0.05, 0) is 42.5 Å². The Morgan fingerprint density at radius 2 is 1.48 bits per heavy atom. The van der Waals surface area contributed by atoms with Crippen LogP contribution in [0.2, 0.25) is 0 Å². The Kier molecular flexibility index (Phi) is 4.95. The van der Waals surface area contributed by atoms with Crippen molar-refractivity contribution in [1.82, 2.24) is 5.32 Å². The summed E-state index contributed by atoms with van der Waals surface area (Å²) in [4.78, 5) is 14.3. The van der Waals surface area contributed by atoms with Gasteiger partial charge in [-0.3, -0.25) is 4.90 Å². The Morgan fingerprint density at radius 3 is 2.16 bits per heavy atom. The number of nitrogens with zero attached hydrogens (tertiary/aromatic N) is 1. The Morgan fingerprint density at radius 1 is 0.880 bits per heavy atom. The van der Waals surface area contributed by atoms with E-state index < -0.39 is 0 Å². The summed E-state index contributed by atoms with van der Waals surface area (Å²) in [5, 5.41) is 2.77. The monoisotopic (exact) mass is 335 g/mol. The van der Waals surface area contributed by atoms with Crippen LogP contribution in [0, 0.1) is 5.82 Å². The van der Waals surface area contributed by atoms with Crippen LogP contribution in [0.1, 0.15) is 5.56 Å². The van der Waals surface area contributed by atoms with Gasteiger partial charge in [-0.25, -0.2) is 9.18 Å². The van der Waals surface area contributed by atoms with Crippen LogP contribution in [0.5, 0.6) is 0 Å². The lowest BCUT2D eigenvalue weighted by atomic mass is 10.2. The number of rotatable bonds is 4. The van der Waals surface area contributed by atoms with E-state index in [1.807, 2.05) is 30.3 Å². The highest BCUT2D eigenvalue weighted by atomic mass is 19.1. The Hall–Kier alpha value is -3.34. The van der Waals surface area contributed by atoms with E-state index >= 15 is 0 Å². The molecular weight excluding hydrogens is 317 g/mol. The molecule has 0 saturated heterocycles. The zero-order valence-electron chi connectivity index (χ0n) is 13.5. The standard InChI is InChI=1S/C20H18FN3O/c21-19-9-5-4-6-15(19)14-23-20(25)24(17-7-2-1-3-8-17)18-12-10-16(22)11-13-18/h1-13H,14,22H2,(H,23,25). The Bertz CT molecular complexity index is 850. The van der Waals surface area contributed by atoms with Gasteiger partial charge in [0.05, 0.1) is 11.4 Å². The number of amides is 2. The summed E-state index contributed by atoms with van der Waals surface area (Å²) in [7, 11) is 0. The summed E-state index contributed by atoms with van der Waals surface area (Å²) >= 11 is 0. The molecule has 0 aliphatic carbocycles. The lowest BCUT2D eigenvalue weighted by molar-refractivity contribution is 0.248. The predicted molar refractivity (Wildman–Crippen MR) is 98.1 cm³/mol. The van der Waals surface area contributed by atoms with E-state index in [0.29, 0.717) is 22.6 Å². The molecule has 126 valence electrons. The molecule has 5 heteroatoms. The number of hydrogen-bond donors (Lipinski definition) is 2. The molecule has 0 aliphatic rings. The minimum atomic E-state index is -0.348. The van der Waals surface area contributed by atoms with Gasteiger partial charge in [0, 0.05) is 17.8 Å². The van der Waals surface area contributed by atoms with Crippen molar-refractivity contribution < 1.29 is 9.18 Å². The molecule has 2 amide bonds. The molecule has 3 aromatic carbocycles. The largest absolute Gasteiger partial charge is 0.399 e. The Labute approximate surface area is 145 Å². The van der Waals surface area contributed by atoms with E-state index in [-0.39, 0.29) is 18.4 Å². The summed E-state index contributed by atoms with van der Waals surface area (Å²) in [6.45, 7) is 0.101. The maximum Gasteiger partial charge on any atom is 0.326 e. The van der Waals surface area contributed by atoms with Gasteiger partial charge in [0.1, 0.15) is 5.82 Å². The minimum Gasteiger partial charge on any atom is -0.399 e. The fourth-order valence-corrected chi connectivity index (χ4v) is 2.48. The van der Waals surface area contributed by atoms with Crippen LogP contribution < -0.4 is 16.0 Å². The van der Waals surface area contributed by atoms with Crippen LogP contribution in [0.3, 0.4) is 0 Å². The molecule has 25 heavy (non-hydrogen) atoms. The lowest BCUT2D eigenvalue weighted by Gasteiger charge is -2.23. The molecule has 0 heterocycles. The number of halogens is 1. The van der Waals surface area contributed by atoms with Crippen molar-refractivity contribution in [2.45, 2.75) is 6.54 Å². The van der Waals surface area contributed by atoms with Crippen molar-refractivity contribution in [2.24, 2.45) is 0 Å². The van der Waals surface area contributed by atoms with Gasteiger partial charge in [0.25, 0.3) is 0 Å². The fourth-order valence-electron chi connectivity index (χ4n) is 2.48. The number of carbonyl (C=O) groups is 1. The third kappa shape index (κ3) is 3.95. The second-order valence-electron chi connectivity index (χ2n) is 5.51. The molecule has 0 aliphatic heterocycles. The molecule has 0 saturated carbocycles. The summed E-state index contributed by atoms with van der Waals surface area (Å²) in [5.74, 6) is -0.346. The molecule has 0 fully saturated rings. The van der Waals surface area contributed by atoms with Gasteiger partial charge in [-0.2, -0.15) is 0 Å². The summed E-state index contributed by atoms with van der Waals surface area (Å²) in [6.07, 6.45) is 0. The molecule has 0 bridgehead atoms. The maximum absolute atomic E-state index is 13.8. The number of para-hydroxylation sites is 1. The van der Waals surface area contributed by atoms with Crippen molar-refractivity contribution in [3.8, 4) is 0 Å². The van der Waals surface area contributed by atoms with Gasteiger partial charge in [-0.15, -0.1) is 0 Å². The zero-order valence-corrected chi connectivity index (χ0v) is 13.5. The number of anilines is 3. The number of nitrogen functional groups attached to an aromatic ring is 1. The number of nitrogens with one attached hydrogen (secondary N) is 1. The van der Waals surface area contributed by atoms with Crippen molar-refractivity contribution in [2.75, 3.05) is 10.6 Å². The molecule has 3 rings (SSSR count). The SMILES string of the molecule is Nc1ccc(N(C(=O)NCc2ccccc2F)c2ccccc2)cc1. The van der Waals surface area contributed by atoms with Crippen molar-refractivity contribution >= 4 is 23.1 Å². The van der Waals surface area contributed by atoms with Crippen LogP contribution in [-0.2, 0) is 6.54 Å². The third-order valence-corrected chi connectivity index (χ3v) is 3.76. The molecular formula is C20H18FN3O. The topological polar surface area (TPSA) is 58.4 Å². The lowest BCUT2D eigenvalue weighted by Crippen LogP contribution is -2.36. The number of carbonyl (C=O) groups excluding carboxylic acids is 1. The smallest absolute Gasteiger partial charge is 0.326 e. The first kappa shape index (κ1) is 16.5. The number of nitrogens with two attached hydrogens (primary N) is 1. The maximum atomic E-state index is 13.8. The van der Waals surface area contributed by atoms with Gasteiger partial charge in [0.2, 0.25) is 0 Å². The second kappa shape index (κ2) is 7.49. The molecule has 0 unspecified atom stereocenters. The Balaban J connectivity index is 1.85. The van der Waals surface area contributed by atoms with E-state index in [1.165, 1.54) is 11.0 Å². The fraction of sp³-hybridized carbons (Fsp3) is 0.0500. The molecule has 0 radical (unpaired) electrons. The summed E-state index contributed by atoms with van der Waals surface area (Å²) in [5.41, 5.74) is 8.16. The third-order valence-electron chi connectivity index (χ3n) is 3.76. The first-order valence-corrected chi connectivity index (χ1v) is 7.87. The summed E-state index contributed by atoms with van der Waals surface area (Å²) in [6, 6.07) is 22.3. The summed E-state index contributed by atoms with van der Waals surface area (Å²) < 4.78 is 13.8. The van der Waals surface area contributed by atoms with E-state index in [1.54, 1.807) is 42.5 Å². The van der Waals surface area contributed by atoms with E-state index in [4.69, 9.17) is 5.73 Å². The first-order chi connectivity index (χ1) is 12.1. The highest BCUT2D eigenvalue weighted by molar-refractivity contribution is 5.99. The van der Waals surface area contributed by atoms with E-state index in [0.717, 1.165) is 0 Å². The molecule has 0 spiro atoms. The van der Waals surface area contributed by atoms with Crippen molar-refractivity contribution in [1.29, 1.82) is 0 Å². The normalized spacial score (nSPS) is 10.3. The quantitative estimate of drug-likeness (QED) is 0.692. The minimum absolute atomic E-state index is 0.101. The molecule has 0 aromatic heterocycles. The van der Waals surface area contributed by atoms with Crippen LogP contribution in [0.15, 0.2) is 78.9 Å². The average molecular weight is 335 g/mol. The molecule has 3 aromatic rings. The highest BCUT2D eigenvalue weighted by Crippen LogP contribution is 2.26. The van der Waals surface area contributed by atoms with E-state index in [9.17, 15) is 9.18 Å². The van der Waals surface area contributed by atoms with Crippen LogP contribution in [-0.4, -0.2) is 6.03 Å². The average Bonchev–Trinajstić information content (AvgIpc) is 2.64. The van der Waals surface area contributed by atoms with E-state index in [2.05, 4.69) is 5.32 Å². The van der Waals surface area contributed by atoms with Crippen molar-refractivity contribution in [3.05, 3.63) is 90.2 Å². The molecule has 0 atom stereocenters. The zero-order chi connectivity index (χ0) is 17.6. The van der Waals surface area contributed by atoms with Crippen molar-refractivity contribution in [3.63, 3.8) is 0 Å². The van der Waals surface area contributed by atoms with Gasteiger partial charge in [-0.1, -0.05) is 36.4 Å². The molecule has 4 nitrogen and oxygen atoms in total.